The number of hydrogen-bond donors (Lipinski definition) is 1. The lowest BCUT2D eigenvalue weighted by atomic mass is 10.1. The first-order valence-corrected chi connectivity index (χ1v) is 6.87. The van der Waals surface area contributed by atoms with Gasteiger partial charge in [-0.25, -0.2) is 9.97 Å². The van der Waals surface area contributed by atoms with Crippen LogP contribution >= 0.6 is 11.6 Å². The Morgan fingerprint density at radius 2 is 2.05 bits per heavy atom. The topological polar surface area (TPSA) is 47.0 Å². The molecule has 1 aromatic carbocycles. The van der Waals surface area contributed by atoms with Crippen LogP contribution in [0, 0.1) is 6.92 Å². The molecular weight excluding hydrogens is 274 g/mol. The van der Waals surface area contributed by atoms with Gasteiger partial charge < -0.3 is 10.1 Å². The maximum Gasteiger partial charge on any atom is 0.138 e. The fourth-order valence-corrected chi connectivity index (χ4v) is 2.25. The Bertz CT molecular complexity index is 629. The van der Waals surface area contributed by atoms with Crippen molar-refractivity contribution in [1.29, 1.82) is 0 Å². The summed E-state index contributed by atoms with van der Waals surface area (Å²) < 4.78 is 5.27. The summed E-state index contributed by atoms with van der Waals surface area (Å²) in [5, 5.41) is 3.70. The van der Waals surface area contributed by atoms with Gasteiger partial charge in [-0.05, 0) is 19.1 Å². The van der Waals surface area contributed by atoms with Crippen LogP contribution in [0.4, 0.5) is 5.82 Å². The predicted molar refractivity (Wildman–Crippen MR) is 82.7 cm³/mol. The number of nitrogens with zero attached hydrogens (tertiary/aromatic N) is 2. The highest BCUT2D eigenvalue weighted by molar-refractivity contribution is 6.32. The first kappa shape index (κ1) is 14.6. The second-order valence-electron chi connectivity index (χ2n) is 4.41. The predicted octanol–water partition coefficient (Wildman–Crippen LogP) is 3.72. The van der Waals surface area contributed by atoms with Crippen molar-refractivity contribution in [2.75, 3.05) is 19.5 Å². The highest BCUT2D eigenvalue weighted by Gasteiger charge is 2.13. The summed E-state index contributed by atoms with van der Waals surface area (Å²) in [6, 6.07) is 5.66. The average Bonchev–Trinajstić information content (AvgIpc) is 2.48. The lowest BCUT2D eigenvalue weighted by Gasteiger charge is -2.13. The molecule has 1 N–H and O–H groups in total. The van der Waals surface area contributed by atoms with Crippen LogP contribution in [-0.2, 0) is 6.42 Å². The van der Waals surface area contributed by atoms with Crippen LogP contribution in [0.5, 0.6) is 5.75 Å². The van der Waals surface area contributed by atoms with Gasteiger partial charge >= 0.3 is 0 Å². The highest BCUT2D eigenvalue weighted by atomic mass is 35.5. The Balaban J connectivity index is 2.62. The molecule has 20 heavy (non-hydrogen) atoms. The molecule has 0 bridgehead atoms. The molecule has 5 heteroatoms. The van der Waals surface area contributed by atoms with Gasteiger partial charge in [0, 0.05) is 24.6 Å². The number of aryl methyl sites for hydroxylation is 1. The fourth-order valence-electron chi connectivity index (χ4n) is 2.05. The van der Waals surface area contributed by atoms with Crippen molar-refractivity contribution in [3.63, 3.8) is 0 Å². The zero-order valence-corrected chi connectivity index (χ0v) is 12.9. The van der Waals surface area contributed by atoms with Crippen LogP contribution in [0.2, 0.25) is 5.02 Å². The third kappa shape index (κ3) is 2.70. The summed E-state index contributed by atoms with van der Waals surface area (Å²) in [6.45, 7) is 4.04. The first-order chi connectivity index (χ1) is 9.60. The molecule has 0 aliphatic rings. The van der Waals surface area contributed by atoms with Crippen molar-refractivity contribution >= 4 is 17.4 Å². The van der Waals surface area contributed by atoms with Gasteiger partial charge in [0.25, 0.3) is 0 Å². The number of methoxy groups -OCH3 is 1. The van der Waals surface area contributed by atoms with E-state index in [-0.39, 0.29) is 0 Å². The standard InChI is InChI=1S/C15H18ClN3O/c1-5-13-18-14(9(2)15(17-3)19-13)10-6-7-11(16)12(8-10)20-4/h6-8H,5H2,1-4H3,(H,17,18,19). The van der Waals surface area contributed by atoms with E-state index in [1.54, 1.807) is 7.11 Å². The molecule has 2 rings (SSSR count). The number of benzene rings is 1. The van der Waals surface area contributed by atoms with Gasteiger partial charge in [0.15, 0.2) is 0 Å². The summed E-state index contributed by atoms with van der Waals surface area (Å²) in [6.07, 6.45) is 0.784. The minimum atomic E-state index is 0.590. The van der Waals surface area contributed by atoms with E-state index in [9.17, 15) is 0 Å². The second-order valence-corrected chi connectivity index (χ2v) is 4.82. The third-order valence-electron chi connectivity index (χ3n) is 3.17. The smallest absolute Gasteiger partial charge is 0.138 e. The molecule has 0 fully saturated rings. The maximum atomic E-state index is 6.07. The number of ether oxygens (including phenoxy) is 1. The van der Waals surface area contributed by atoms with Gasteiger partial charge in [0.1, 0.15) is 17.4 Å². The summed E-state index contributed by atoms with van der Waals surface area (Å²) in [7, 11) is 3.47. The van der Waals surface area contributed by atoms with E-state index >= 15 is 0 Å². The molecule has 0 unspecified atom stereocenters. The average molecular weight is 292 g/mol. The minimum absolute atomic E-state index is 0.590. The van der Waals surface area contributed by atoms with Gasteiger partial charge in [0.2, 0.25) is 0 Å². The van der Waals surface area contributed by atoms with E-state index in [2.05, 4.69) is 15.3 Å². The van der Waals surface area contributed by atoms with Crippen molar-refractivity contribution in [2.45, 2.75) is 20.3 Å². The number of hydrogen-bond acceptors (Lipinski definition) is 4. The van der Waals surface area contributed by atoms with Crippen molar-refractivity contribution in [3.05, 3.63) is 34.6 Å². The lowest BCUT2D eigenvalue weighted by Crippen LogP contribution is -2.04. The van der Waals surface area contributed by atoms with Gasteiger partial charge in [-0.1, -0.05) is 24.6 Å². The van der Waals surface area contributed by atoms with Crippen LogP contribution in [0.3, 0.4) is 0 Å². The molecule has 0 saturated carbocycles. The Morgan fingerprint density at radius 3 is 2.65 bits per heavy atom. The van der Waals surface area contributed by atoms with E-state index in [0.29, 0.717) is 10.8 Å². The normalized spacial score (nSPS) is 10.4. The van der Waals surface area contributed by atoms with Crippen LogP contribution < -0.4 is 10.1 Å². The van der Waals surface area contributed by atoms with Crippen molar-refractivity contribution < 1.29 is 4.74 Å². The van der Waals surface area contributed by atoms with E-state index in [1.165, 1.54) is 0 Å². The summed E-state index contributed by atoms with van der Waals surface area (Å²) in [5.41, 5.74) is 2.88. The third-order valence-corrected chi connectivity index (χ3v) is 3.48. The molecule has 0 aliphatic heterocycles. The number of anilines is 1. The summed E-state index contributed by atoms with van der Waals surface area (Å²) in [4.78, 5) is 9.10. The second kappa shape index (κ2) is 6.09. The van der Waals surface area contributed by atoms with Crippen LogP contribution in [0.25, 0.3) is 11.3 Å². The van der Waals surface area contributed by atoms with Gasteiger partial charge in [0.05, 0.1) is 17.8 Å². The van der Waals surface area contributed by atoms with Gasteiger partial charge in [-0.2, -0.15) is 0 Å². The zero-order valence-electron chi connectivity index (χ0n) is 12.1. The van der Waals surface area contributed by atoms with Crippen molar-refractivity contribution in [2.24, 2.45) is 0 Å². The SMILES string of the molecule is CCc1nc(NC)c(C)c(-c2ccc(Cl)c(OC)c2)n1. The lowest BCUT2D eigenvalue weighted by molar-refractivity contribution is 0.415. The summed E-state index contributed by atoms with van der Waals surface area (Å²) in [5.74, 6) is 2.30. The number of aromatic nitrogens is 2. The quantitative estimate of drug-likeness (QED) is 0.932. The molecule has 1 aromatic heterocycles. The Kier molecular flexibility index (Phi) is 4.45. The number of rotatable bonds is 4. The van der Waals surface area contributed by atoms with Crippen LogP contribution in [0.1, 0.15) is 18.3 Å². The fraction of sp³-hybridized carbons (Fsp3) is 0.333. The molecule has 0 amide bonds. The van der Waals surface area contributed by atoms with Gasteiger partial charge in [-0.3, -0.25) is 0 Å². The maximum absolute atomic E-state index is 6.07. The molecular formula is C15H18ClN3O. The zero-order chi connectivity index (χ0) is 14.7. The Hall–Kier alpha value is -1.81. The molecule has 0 atom stereocenters. The van der Waals surface area contributed by atoms with Crippen LogP contribution in [-0.4, -0.2) is 24.1 Å². The molecule has 0 radical (unpaired) electrons. The van der Waals surface area contributed by atoms with E-state index in [1.807, 2.05) is 39.1 Å². The minimum Gasteiger partial charge on any atom is -0.495 e. The van der Waals surface area contributed by atoms with Gasteiger partial charge in [-0.15, -0.1) is 0 Å². The molecule has 2 aromatic rings. The van der Waals surface area contributed by atoms with E-state index in [4.69, 9.17) is 16.3 Å². The van der Waals surface area contributed by atoms with Crippen molar-refractivity contribution in [1.82, 2.24) is 9.97 Å². The van der Waals surface area contributed by atoms with E-state index < -0.39 is 0 Å². The monoisotopic (exact) mass is 291 g/mol. The van der Waals surface area contributed by atoms with Crippen molar-refractivity contribution in [3.8, 4) is 17.0 Å². The number of nitrogens with one attached hydrogen (secondary N) is 1. The molecule has 0 spiro atoms. The Labute approximate surface area is 124 Å². The largest absolute Gasteiger partial charge is 0.495 e. The molecule has 1 heterocycles. The molecule has 0 aliphatic carbocycles. The van der Waals surface area contributed by atoms with E-state index in [0.717, 1.165) is 34.9 Å². The molecule has 0 saturated heterocycles. The Morgan fingerprint density at radius 1 is 1.30 bits per heavy atom. The van der Waals surface area contributed by atoms with Crippen LogP contribution in [0.15, 0.2) is 18.2 Å². The highest BCUT2D eigenvalue weighted by Crippen LogP contribution is 2.32. The number of halogens is 1. The molecule has 4 nitrogen and oxygen atoms in total. The molecule has 106 valence electrons. The first-order valence-electron chi connectivity index (χ1n) is 6.49. The summed E-state index contributed by atoms with van der Waals surface area (Å²) >= 11 is 6.07.